The molecule has 0 unspecified atom stereocenters. The van der Waals surface area contributed by atoms with E-state index in [0.717, 1.165) is 0 Å². The van der Waals surface area contributed by atoms with E-state index in [4.69, 9.17) is 10.2 Å². The Kier molecular flexibility index (Phi) is 3.73. The van der Waals surface area contributed by atoms with Gasteiger partial charge in [0.15, 0.2) is 0 Å². The van der Waals surface area contributed by atoms with Crippen LogP contribution in [0.1, 0.15) is 19.3 Å². The molecule has 0 radical (unpaired) electrons. The predicted octanol–water partition coefficient (Wildman–Crippen LogP) is -0.196. The molecule has 0 aromatic rings. The molecule has 0 saturated heterocycles. The molecule has 0 bridgehead atoms. The third-order valence-corrected chi connectivity index (χ3v) is 2.45. The Bertz CT molecular complexity index is 257. The van der Waals surface area contributed by atoms with Gasteiger partial charge in [0.05, 0.1) is 12.1 Å². The van der Waals surface area contributed by atoms with Crippen LogP contribution in [-0.4, -0.2) is 45.7 Å². The van der Waals surface area contributed by atoms with Gasteiger partial charge in [-0.25, -0.2) is 9.59 Å². The normalized spacial score (nSPS) is 30.6. The van der Waals surface area contributed by atoms with Crippen LogP contribution in [0.25, 0.3) is 0 Å². The summed E-state index contributed by atoms with van der Waals surface area (Å²) in [6.45, 7) is 0. The van der Waals surface area contributed by atoms with Gasteiger partial charge in [0.2, 0.25) is 0 Å². The molecule has 7 nitrogen and oxygen atoms in total. The zero-order valence-electron chi connectivity index (χ0n) is 8.01. The van der Waals surface area contributed by atoms with Crippen molar-refractivity contribution in [3.05, 3.63) is 0 Å². The number of amides is 2. The summed E-state index contributed by atoms with van der Waals surface area (Å²) in [7, 11) is 0. The molecule has 1 aliphatic carbocycles. The maximum atomic E-state index is 10.4. The second-order valence-electron chi connectivity index (χ2n) is 3.58. The highest BCUT2D eigenvalue weighted by molar-refractivity contribution is 5.65. The highest BCUT2D eigenvalue weighted by atomic mass is 16.4. The predicted molar refractivity (Wildman–Crippen MR) is 49.8 cm³/mol. The van der Waals surface area contributed by atoms with Crippen molar-refractivity contribution in [2.45, 2.75) is 37.5 Å². The van der Waals surface area contributed by atoms with Crippen LogP contribution in [0.4, 0.5) is 9.59 Å². The molecule has 1 fully saturated rings. The fourth-order valence-electron chi connectivity index (χ4n) is 1.77. The lowest BCUT2D eigenvalue weighted by Gasteiger charge is -2.32. The van der Waals surface area contributed by atoms with Crippen molar-refractivity contribution < 1.29 is 24.9 Å². The van der Waals surface area contributed by atoms with Gasteiger partial charge in [0.1, 0.15) is 0 Å². The summed E-state index contributed by atoms with van der Waals surface area (Å²) in [5.74, 6) is 0. The first kappa shape index (κ1) is 11.6. The third kappa shape index (κ3) is 3.62. The van der Waals surface area contributed by atoms with Crippen molar-refractivity contribution in [1.29, 1.82) is 0 Å². The van der Waals surface area contributed by atoms with E-state index in [1.807, 2.05) is 0 Å². The molecule has 1 aliphatic rings. The molecule has 0 aromatic carbocycles. The van der Waals surface area contributed by atoms with Gasteiger partial charge in [-0.3, -0.25) is 0 Å². The van der Waals surface area contributed by atoms with Crippen molar-refractivity contribution >= 4 is 12.2 Å². The zero-order chi connectivity index (χ0) is 11.4. The molecule has 0 aromatic heterocycles. The zero-order valence-corrected chi connectivity index (χ0v) is 8.01. The van der Waals surface area contributed by atoms with Crippen molar-refractivity contribution in [3.8, 4) is 0 Å². The minimum Gasteiger partial charge on any atom is -0.465 e. The fraction of sp³-hybridized carbons (Fsp3) is 0.750. The van der Waals surface area contributed by atoms with Crippen LogP contribution >= 0.6 is 0 Å². The average molecular weight is 218 g/mol. The highest BCUT2D eigenvalue weighted by Crippen LogP contribution is 2.19. The van der Waals surface area contributed by atoms with Gasteiger partial charge < -0.3 is 26.0 Å². The Labute approximate surface area is 86.1 Å². The monoisotopic (exact) mass is 218 g/mol. The minimum atomic E-state index is -1.21. The first-order chi connectivity index (χ1) is 6.99. The molecule has 7 heteroatoms. The number of aliphatic hydroxyl groups is 1. The summed E-state index contributed by atoms with van der Waals surface area (Å²) in [5.41, 5.74) is 0. The lowest BCUT2D eigenvalue weighted by molar-refractivity contribution is 0.0758. The summed E-state index contributed by atoms with van der Waals surface area (Å²) in [6.07, 6.45) is -1.91. The molecule has 0 spiro atoms. The van der Waals surface area contributed by atoms with E-state index in [-0.39, 0.29) is 12.5 Å². The van der Waals surface area contributed by atoms with Crippen molar-refractivity contribution in [2.75, 3.05) is 0 Å². The first-order valence-electron chi connectivity index (χ1n) is 4.66. The molecular weight excluding hydrogens is 204 g/mol. The van der Waals surface area contributed by atoms with Gasteiger partial charge in [-0.05, 0) is 19.3 Å². The number of carboxylic acid groups (broad SMARTS) is 2. The summed E-state index contributed by atoms with van der Waals surface area (Å²) in [4.78, 5) is 20.8. The van der Waals surface area contributed by atoms with E-state index in [1.54, 1.807) is 0 Å². The van der Waals surface area contributed by atoms with E-state index >= 15 is 0 Å². The van der Waals surface area contributed by atoms with Gasteiger partial charge >= 0.3 is 12.2 Å². The van der Waals surface area contributed by atoms with E-state index < -0.39 is 24.3 Å². The quantitative estimate of drug-likeness (QED) is 0.440. The SMILES string of the molecule is O=C(O)N[C@H]1CC[C@H](O)[C@@H](NC(=O)O)C1. The smallest absolute Gasteiger partial charge is 0.404 e. The molecule has 5 N–H and O–H groups in total. The van der Waals surface area contributed by atoms with Crippen molar-refractivity contribution in [2.24, 2.45) is 0 Å². The minimum absolute atomic E-state index is 0.278. The maximum absolute atomic E-state index is 10.4. The summed E-state index contributed by atoms with van der Waals surface area (Å²) < 4.78 is 0. The third-order valence-electron chi connectivity index (χ3n) is 2.45. The molecule has 1 rings (SSSR count). The maximum Gasteiger partial charge on any atom is 0.404 e. The van der Waals surface area contributed by atoms with Crippen LogP contribution in [0.3, 0.4) is 0 Å². The van der Waals surface area contributed by atoms with Crippen LogP contribution in [-0.2, 0) is 0 Å². The molecule has 15 heavy (non-hydrogen) atoms. The highest BCUT2D eigenvalue weighted by Gasteiger charge is 2.30. The van der Waals surface area contributed by atoms with E-state index in [0.29, 0.717) is 12.8 Å². The topological polar surface area (TPSA) is 119 Å². The number of aliphatic hydroxyl groups excluding tert-OH is 1. The van der Waals surface area contributed by atoms with Gasteiger partial charge in [0.25, 0.3) is 0 Å². The standard InChI is InChI=1S/C8H14N2O5/c11-6-2-1-4(9-7(12)13)3-5(6)10-8(14)15/h4-6,9-11H,1-3H2,(H,12,13)(H,14,15)/t4-,5-,6-/m0/s1. The van der Waals surface area contributed by atoms with E-state index in [9.17, 15) is 14.7 Å². The van der Waals surface area contributed by atoms with Gasteiger partial charge in [-0.2, -0.15) is 0 Å². The lowest BCUT2D eigenvalue weighted by atomic mass is 9.89. The Morgan fingerprint density at radius 3 is 2.20 bits per heavy atom. The van der Waals surface area contributed by atoms with Crippen LogP contribution in [0.15, 0.2) is 0 Å². The van der Waals surface area contributed by atoms with Crippen LogP contribution in [0, 0.1) is 0 Å². The molecule has 86 valence electrons. The van der Waals surface area contributed by atoms with Crippen LogP contribution < -0.4 is 10.6 Å². The van der Waals surface area contributed by atoms with Crippen LogP contribution in [0.2, 0.25) is 0 Å². The number of hydrogen-bond donors (Lipinski definition) is 5. The second-order valence-corrected chi connectivity index (χ2v) is 3.58. The number of hydrogen-bond acceptors (Lipinski definition) is 3. The first-order valence-corrected chi connectivity index (χ1v) is 4.66. The summed E-state index contributed by atoms with van der Waals surface area (Å²) in [5, 5.41) is 30.9. The van der Waals surface area contributed by atoms with Crippen molar-refractivity contribution in [3.63, 3.8) is 0 Å². The number of rotatable bonds is 2. The molecule has 1 saturated carbocycles. The number of nitrogens with one attached hydrogen (secondary N) is 2. The largest absolute Gasteiger partial charge is 0.465 e. The van der Waals surface area contributed by atoms with Gasteiger partial charge in [-0.15, -0.1) is 0 Å². The molecule has 2 amide bonds. The molecule has 0 aliphatic heterocycles. The molecule has 3 atom stereocenters. The average Bonchev–Trinajstić information content (AvgIpc) is 2.09. The Balaban J connectivity index is 2.47. The van der Waals surface area contributed by atoms with Gasteiger partial charge in [-0.1, -0.05) is 0 Å². The van der Waals surface area contributed by atoms with E-state index in [1.165, 1.54) is 0 Å². The summed E-state index contributed by atoms with van der Waals surface area (Å²) in [6, 6.07) is -0.907. The van der Waals surface area contributed by atoms with E-state index in [2.05, 4.69) is 10.6 Å². The molecule has 0 heterocycles. The Hall–Kier alpha value is -1.50. The molecular formula is C8H14N2O5. The van der Waals surface area contributed by atoms with Crippen molar-refractivity contribution in [1.82, 2.24) is 10.6 Å². The fourth-order valence-corrected chi connectivity index (χ4v) is 1.77. The van der Waals surface area contributed by atoms with Gasteiger partial charge in [0, 0.05) is 6.04 Å². The Morgan fingerprint density at radius 2 is 1.67 bits per heavy atom. The number of carbonyl (C=O) groups is 2. The van der Waals surface area contributed by atoms with Crippen LogP contribution in [0.5, 0.6) is 0 Å². The summed E-state index contributed by atoms with van der Waals surface area (Å²) >= 11 is 0. The lowest BCUT2D eigenvalue weighted by Crippen LogP contribution is -2.51. The second kappa shape index (κ2) is 4.83. The Morgan fingerprint density at radius 1 is 1.07 bits per heavy atom.